The van der Waals surface area contributed by atoms with E-state index in [0.717, 1.165) is 18.1 Å². The van der Waals surface area contributed by atoms with E-state index in [-0.39, 0.29) is 6.04 Å². The number of nitrogens with zero attached hydrogens (tertiary/aromatic N) is 6. The quantitative estimate of drug-likeness (QED) is 0.473. The normalized spacial score (nSPS) is 12.8. The van der Waals surface area contributed by atoms with Crippen LogP contribution in [0.15, 0.2) is 41.9 Å². The Morgan fingerprint density at radius 1 is 1.24 bits per heavy atom. The van der Waals surface area contributed by atoms with Crippen molar-refractivity contribution in [3.8, 4) is 0 Å². The van der Waals surface area contributed by atoms with E-state index >= 15 is 0 Å². The van der Waals surface area contributed by atoms with Crippen molar-refractivity contribution in [3.63, 3.8) is 0 Å². The molecule has 154 valence electrons. The van der Waals surface area contributed by atoms with E-state index in [1.54, 1.807) is 19.7 Å². The van der Waals surface area contributed by atoms with Crippen molar-refractivity contribution in [2.45, 2.75) is 46.3 Å². The van der Waals surface area contributed by atoms with E-state index in [1.165, 1.54) is 22.4 Å². The van der Waals surface area contributed by atoms with Gasteiger partial charge in [0, 0.05) is 32.4 Å². The molecule has 29 heavy (non-hydrogen) atoms. The molecular formula is C21H30N8. The lowest BCUT2D eigenvalue weighted by Gasteiger charge is -2.18. The molecule has 3 aromatic rings. The van der Waals surface area contributed by atoms with E-state index in [2.05, 4.69) is 75.8 Å². The predicted octanol–water partition coefficient (Wildman–Crippen LogP) is 1.97. The van der Waals surface area contributed by atoms with E-state index in [1.807, 2.05) is 16.4 Å². The van der Waals surface area contributed by atoms with Gasteiger partial charge in [0.25, 0.3) is 0 Å². The van der Waals surface area contributed by atoms with E-state index in [4.69, 9.17) is 0 Å². The molecule has 2 heterocycles. The van der Waals surface area contributed by atoms with Gasteiger partial charge < -0.3 is 10.6 Å². The van der Waals surface area contributed by atoms with Crippen LogP contribution in [0.5, 0.6) is 0 Å². The molecule has 8 heteroatoms. The summed E-state index contributed by atoms with van der Waals surface area (Å²) in [6.07, 6.45) is 4.18. The molecule has 0 aliphatic carbocycles. The molecule has 0 aliphatic rings. The summed E-state index contributed by atoms with van der Waals surface area (Å²) in [5, 5.41) is 15.6. The molecule has 0 saturated carbocycles. The van der Waals surface area contributed by atoms with Gasteiger partial charge >= 0.3 is 0 Å². The van der Waals surface area contributed by atoms with Crippen LogP contribution >= 0.6 is 0 Å². The van der Waals surface area contributed by atoms with Gasteiger partial charge in [0.1, 0.15) is 12.7 Å². The minimum atomic E-state index is 0.237. The van der Waals surface area contributed by atoms with E-state index < -0.39 is 0 Å². The Balaban J connectivity index is 1.55. The maximum Gasteiger partial charge on any atom is 0.191 e. The third-order valence-electron chi connectivity index (χ3n) is 5.04. The molecule has 2 N–H and O–H groups in total. The molecule has 0 spiro atoms. The first-order valence-electron chi connectivity index (χ1n) is 9.82. The Morgan fingerprint density at radius 2 is 2.03 bits per heavy atom. The van der Waals surface area contributed by atoms with Gasteiger partial charge in [0.15, 0.2) is 5.96 Å². The number of benzene rings is 1. The number of rotatable bonds is 7. The maximum absolute atomic E-state index is 4.51. The second kappa shape index (κ2) is 9.36. The average molecular weight is 395 g/mol. The van der Waals surface area contributed by atoms with Crippen LogP contribution in [0.2, 0.25) is 0 Å². The molecule has 0 radical (unpaired) electrons. The van der Waals surface area contributed by atoms with Gasteiger partial charge in [-0.15, -0.1) is 0 Å². The Hall–Kier alpha value is -3.16. The topological polar surface area (TPSA) is 84.9 Å². The van der Waals surface area contributed by atoms with Gasteiger partial charge in [-0.3, -0.25) is 9.67 Å². The number of hydrogen-bond donors (Lipinski definition) is 2. The number of aryl methyl sites for hydroxylation is 2. The van der Waals surface area contributed by atoms with Crippen LogP contribution in [0.3, 0.4) is 0 Å². The Morgan fingerprint density at radius 3 is 2.69 bits per heavy atom. The van der Waals surface area contributed by atoms with Crippen LogP contribution in [0, 0.1) is 13.8 Å². The highest BCUT2D eigenvalue weighted by molar-refractivity contribution is 5.79. The summed E-state index contributed by atoms with van der Waals surface area (Å²) in [6.45, 7) is 7.75. The molecule has 0 fully saturated rings. The fourth-order valence-electron chi connectivity index (χ4n) is 3.42. The molecule has 1 atom stereocenters. The lowest BCUT2D eigenvalue weighted by atomic mass is 10.1. The van der Waals surface area contributed by atoms with Crippen molar-refractivity contribution < 1.29 is 0 Å². The maximum atomic E-state index is 4.51. The minimum absolute atomic E-state index is 0.237. The molecule has 1 aromatic carbocycles. The number of guanidine groups is 1. The molecule has 3 rings (SSSR count). The van der Waals surface area contributed by atoms with Gasteiger partial charge in [-0.2, -0.15) is 10.2 Å². The van der Waals surface area contributed by atoms with Crippen molar-refractivity contribution >= 4 is 5.96 Å². The number of aromatic nitrogens is 5. The fourth-order valence-corrected chi connectivity index (χ4v) is 3.42. The third-order valence-corrected chi connectivity index (χ3v) is 5.04. The average Bonchev–Trinajstić information content (AvgIpc) is 3.29. The number of nitrogens with one attached hydrogen (secondary N) is 2. The zero-order valence-corrected chi connectivity index (χ0v) is 17.8. The second-order valence-electron chi connectivity index (χ2n) is 7.36. The monoisotopic (exact) mass is 394 g/mol. The number of aliphatic imine (C=N–C) groups is 1. The van der Waals surface area contributed by atoms with Crippen molar-refractivity contribution in [2.75, 3.05) is 7.05 Å². The third kappa shape index (κ3) is 5.43. The van der Waals surface area contributed by atoms with Gasteiger partial charge in [0.2, 0.25) is 0 Å². The molecular weight excluding hydrogens is 364 g/mol. The summed E-state index contributed by atoms with van der Waals surface area (Å²) in [5.41, 5.74) is 5.98. The molecule has 1 unspecified atom stereocenters. The van der Waals surface area contributed by atoms with Gasteiger partial charge in [-0.05, 0) is 43.9 Å². The zero-order chi connectivity index (χ0) is 20.8. The largest absolute Gasteiger partial charge is 0.354 e. The Labute approximate surface area is 172 Å². The van der Waals surface area contributed by atoms with Gasteiger partial charge in [-0.25, -0.2) is 9.67 Å². The summed E-state index contributed by atoms with van der Waals surface area (Å²) < 4.78 is 3.76. The lowest BCUT2D eigenvalue weighted by molar-refractivity contribution is 0.635. The van der Waals surface area contributed by atoms with Crippen LogP contribution in [-0.4, -0.2) is 43.6 Å². The molecule has 0 amide bonds. The van der Waals surface area contributed by atoms with Crippen LogP contribution in [0.1, 0.15) is 35.0 Å². The standard InChI is InChI=1S/C21H30N8/c1-15(9-20-16(2)27-28(5)17(20)3)26-21(22-4)24-11-18-7-6-8-19(10-18)12-29-14-23-13-25-29/h6-8,10,13-15H,9,11-12H2,1-5H3,(H2,22,24,26). The van der Waals surface area contributed by atoms with Crippen molar-refractivity contribution in [1.82, 2.24) is 35.2 Å². The minimum Gasteiger partial charge on any atom is -0.354 e. The first kappa shape index (κ1) is 20.6. The lowest BCUT2D eigenvalue weighted by Crippen LogP contribution is -2.42. The highest BCUT2D eigenvalue weighted by atomic mass is 15.3. The Bertz CT molecular complexity index is 955. The van der Waals surface area contributed by atoms with E-state index in [9.17, 15) is 0 Å². The molecule has 0 saturated heterocycles. The van der Waals surface area contributed by atoms with Crippen molar-refractivity contribution in [3.05, 3.63) is 65.0 Å². The van der Waals surface area contributed by atoms with Crippen LogP contribution in [0.4, 0.5) is 0 Å². The summed E-state index contributed by atoms with van der Waals surface area (Å²) in [4.78, 5) is 8.36. The van der Waals surface area contributed by atoms with Gasteiger partial charge in [-0.1, -0.05) is 24.3 Å². The number of hydrogen-bond acceptors (Lipinski definition) is 4. The summed E-state index contributed by atoms with van der Waals surface area (Å²) in [5.74, 6) is 0.790. The Kier molecular flexibility index (Phi) is 6.64. The smallest absolute Gasteiger partial charge is 0.191 e. The molecule has 0 aliphatic heterocycles. The molecule has 8 nitrogen and oxygen atoms in total. The second-order valence-corrected chi connectivity index (χ2v) is 7.36. The van der Waals surface area contributed by atoms with Crippen molar-refractivity contribution in [2.24, 2.45) is 12.0 Å². The molecule has 2 aromatic heterocycles. The fraction of sp³-hybridized carbons (Fsp3) is 0.429. The SMILES string of the molecule is CN=C(NCc1cccc(Cn2cncn2)c1)NC(C)Cc1c(C)nn(C)c1C. The first-order valence-corrected chi connectivity index (χ1v) is 9.82. The van der Waals surface area contributed by atoms with Crippen LogP contribution in [0.25, 0.3) is 0 Å². The van der Waals surface area contributed by atoms with Crippen LogP contribution in [-0.2, 0) is 26.6 Å². The highest BCUT2D eigenvalue weighted by Crippen LogP contribution is 2.14. The summed E-state index contributed by atoms with van der Waals surface area (Å²) >= 11 is 0. The predicted molar refractivity (Wildman–Crippen MR) is 115 cm³/mol. The highest BCUT2D eigenvalue weighted by Gasteiger charge is 2.14. The van der Waals surface area contributed by atoms with E-state index in [0.29, 0.717) is 13.1 Å². The van der Waals surface area contributed by atoms with Crippen LogP contribution < -0.4 is 10.6 Å². The van der Waals surface area contributed by atoms with Gasteiger partial charge in [0.05, 0.1) is 12.2 Å². The van der Waals surface area contributed by atoms with Crippen molar-refractivity contribution in [1.29, 1.82) is 0 Å². The molecule has 0 bridgehead atoms. The summed E-state index contributed by atoms with van der Waals surface area (Å²) in [6, 6.07) is 8.68. The zero-order valence-electron chi connectivity index (χ0n) is 17.8. The summed E-state index contributed by atoms with van der Waals surface area (Å²) in [7, 11) is 3.78. The first-order chi connectivity index (χ1) is 14.0.